The Hall–Kier alpha value is -1.63. The molecule has 114 valence electrons. The third-order valence-electron chi connectivity index (χ3n) is 2.99. The summed E-state index contributed by atoms with van der Waals surface area (Å²) < 4.78 is 4.06. The van der Waals surface area contributed by atoms with Crippen LogP contribution in [0.15, 0.2) is 34.2 Å². The lowest BCUT2D eigenvalue weighted by Gasteiger charge is -2.11. The summed E-state index contributed by atoms with van der Waals surface area (Å²) in [5, 5.41) is 7.44. The summed E-state index contributed by atoms with van der Waals surface area (Å²) >= 11 is 3.36. The lowest BCUT2D eigenvalue weighted by molar-refractivity contribution is 0.462. The van der Waals surface area contributed by atoms with Crippen LogP contribution in [0, 0.1) is 5.92 Å². The van der Waals surface area contributed by atoms with Gasteiger partial charge in [0, 0.05) is 32.0 Å². The monoisotopic (exact) mass is 353 g/mol. The number of aromatic nitrogens is 4. The molecule has 7 heteroatoms. The molecule has 2 rings (SSSR count). The Labute approximate surface area is 132 Å². The zero-order valence-electron chi connectivity index (χ0n) is 12.3. The molecule has 2 aromatic heterocycles. The zero-order chi connectivity index (χ0) is 15.2. The van der Waals surface area contributed by atoms with Gasteiger partial charge in [-0.3, -0.25) is 4.79 Å². The minimum absolute atomic E-state index is 0.0942. The molecule has 0 amide bonds. The van der Waals surface area contributed by atoms with E-state index in [0.29, 0.717) is 16.9 Å². The van der Waals surface area contributed by atoms with E-state index in [-0.39, 0.29) is 5.56 Å². The molecule has 0 saturated carbocycles. The first-order chi connectivity index (χ1) is 10.1. The van der Waals surface area contributed by atoms with Gasteiger partial charge in [-0.15, -0.1) is 0 Å². The van der Waals surface area contributed by atoms with Crippen molar-refractivity contribution in [1.82, 2.24) is 19.3 Å². The Kier molecular flexibility index (Phi) is 5.55. The normalized spacial score (nSPS) is 11.0. The summed E-state index contributed by atoms with van der Waals surface area (Å²) in [6, 6.07) is 0. The number of nitrogens with one attached hydrogen (secondary N) is 1. The van der Waals surface area contributed by atoms with Crippen molar-refractivity contribution in [2.24, 2.45) is 5.92 Å². The van der Waals surface area contributed by atoms with E-state index in [1.807, 2.05) is 10.8 Å². The molecule has 0 radical (unpaired) electrons. The molecule has 1 N–H and O–H groups in total. The van der Waals surface area contributed by atoms with E-state index in [2.05, 4.69) is 45.2 Å². The second-order valence-electron chi connectivity index (χ2n) is 5.33. The number of aryl methyl sites for hydroxylation is 1. The first-order valence-corrected chi connectivity index (χ1v) is 7.82. The van der Waals surface area contributed by atoms with Gasteiger partial charge < -0.3 is 9.88 Å². The molecule has 0 bridgehead atoms. The topological polar surface area (TPSA) is 64.7 Å². The summed E-state index contributed by atoms with van der Waals surface area (Å²) in [5.74, 6) is 0.385. The van der Waals surface area contributed by atoms with Gasteiger partial charge >= 0.3 is 0 Å². The van der Waals surface area contributed by atoms with Crippen LogP contribution in [-0.2, 0) is 13.1 Å². The number of anilines is 1. The SMILES string of the molecule is CC(C)Cn1ncc(NCCCn2ccnc2)c(Br)c1=O. The molecule has 0 aromatic carbocycles. The summed E-state index contributed by atoms with van der Waals surface area (Å²) in [6.07, 6.45) is 8.14. The Morgan fingerprint density at radius 1 is 1.43 bits per heavy atom. The zero-order valence-corrected chi connectivity index (χ0v) is 13.9. The van der Waals surface area contributed by atoms with Crippen LogP contribution in [0.3, 0.4) is 0 Å². The van der Waals surface area contributed by atoms with Crippen molar-refractivity contribution in [3.63, 3.8) is 0 Å². The highest BCUT2D eigenvalue weighted by molar-refractivity contribution is 9.10. The predicted molar refractivity (Wildman–Crippen MR) is 86.4 cm³/mol. The fourth-order valence-electron chi connectivity index (χ4n) is 1.97. The van der Waals surface area contributed by atoms with Gasteiger partial charge in [0.1, 0.15) is 4.47 Å². The van der Waals surface area contributed by atoms with Crippen molar-refractivity contribution >= 4 is 21.6 Å². The van der Waals surface area contributed by atoms with E-state index < -0.39 is 0 Å². The summed E-state index contributed by atoms with van der Waals surface area (Å²) in [7, 11) is 0. The molecule has 21 heavy (non-hydrogen) atoms. The van der Waals surface area contributed by atoms with E-state index in [4.69, 9.17) is 0 Å². The fraction of sp³-hybridized carbons (Fsp3) is 0.500. The molecule has 6 nitrogen and oxygen atoms in total. The number of hydrogen-bond donors (Lipinski definition) is 1. The number of hydrogen-bond acceptors (Lipinski definition) is 4. The number of imidazole rings is 1. The minimum Gasteiger partial charge on any atom is -0.383 e. The third kappa shape index (κ3) is 4.42. The summed E-state index contributed by atoms with van der Waals surface area (Å²) in [5.41, 5.74) is 0.647. The molecule has 0 aliphatic heterocycles. The second kappa shape index (κ2) is 7.40. The van der Waals surface area contributed by atoms with Gasteiger partial charge in [-0.2, -0.15) is 5.10 Å². The van der Waals surface area contributed by atoms with Crippen LogP contribution >= 0.6 is 15.9 Å². The van der Waals surface area contributed by atoms with Gasteiger partial charge in [0.25, 0.3) is 5.56 Å². The van der Waals surface area contributed by atoms with Crippen LogP contribution in [0.5, 0.6) is 0 Å². The highest BCUT2D eigenvalue weighted by atomic mass is 79.9. The first kappa shape index (κ1) is 15.8. The standard InChI is InChI=1S/C14H20BrN5O/c1-11(2)9-20-14(21)13(15)12(8-18-20)17-4-3-6-19-7-5-16-10-19/h5,7-8,10-11,17H,3-4,6,9H2,1-2H3. The Morgan fingerprint density at radius 2 is 2.24 bits per heavy atom. The van der Waals surface area contributed by atoms with Gasteiger partial charge in [0.15, 0.2) is 0 Å². The maximum atomic E-state index is 12.1. The van der Waals surface area contributed by atoms with Crippen molar-refractivity contribution in [2.75, 3.05) is 11.9 Å². The maximum absolute atomic E-state index is 12.1. The average molecular weight is 354 g/mol. The van der Waals surface area contributed by atoms with Crippen LogP contribution < -0.4 is 10.9 Å². The molecule has 0 aliphatic rings. The minimum atomic E-state index is -0.0942. The van der Waals surface area contributed by atoms with E-state index in [1.165, 1.54) is 4.68 Å². The highest BCUT2D eigenvalue weighted by Gasteiger charge is 2.09. The lowest BCUT2D eigenvalue weighted by atomic mass is 10.2. The molecular weight excluding hydrogens is 334 g/mol. The molecule has 0 atom stereocenters. The third-order valence-corrected chi connectivity index (χ3v) is 3.76. The molecule has 0 unspecified atom stereocenters. The molecule has 0 saturated heterocycles. The molecule has 0 spiro atoms. The molecular formula is C14H20BrN5O. The van der Waals surface area contributed by atoms with Crippen molar-refractivity contribution in [3.8, 4) is 0 Å². The Morgan fingerprint density at radius 3 is 2.90 bits per heavy atom. The van der Waals surface area contributed by atoms with Crippen molar-refractivity contribution in [1.29, 1.82) is 0 Å². The van der Waals surface area contributed by atoms with Crippen LogP contribution in [0.4, 0.5) is 5.69 Å². The van der Waals surface area contributed by atoms with Gasteiger partial charge in [0.2, 0.25) is 0 Å². The van der Waals surface area contributed by atoms with E-state index in [9.17, 15) is 4.79 Å². The van der Waals surface area contributed by atoms with Gasteiger partial charge in [-0.1, -0.05) is 13.8 Å². The molecule has 2 heterocycles. The smallest absolute Gasteiger partial charge is 0.283 e. The molecule has 2 aromatic rings. The van der Waals surface area contributed by atoms with Crippen molar-refractivity contribution in [3.05, 3.63) is 39.7 Å². The molecule has 0 fully saturated rings. The van der Waals surface area contributed by atoms with Crippen molar-refractivity contribution < 1.29 is 0 Å². The maximum Gasteiger partial charge on any atom is 0.283 e. The van der Waals surface area contributed by atoms with Crippen LogP contribution in [-0.4, -0.2) is 25.9 Å². The van der Waals surface area contributed by atoms with E-state index >= 15 is 0 Å². The van der Waals surface area contributed by atoms with Crippen LogP contribution in [0.2, 0.25) is 0 Å². The first-order valence-electron chi connectivity index (χ1n) is 7.03. The van der Waals surface area contributed by atoms with Gasteiger partial charge in [-0.05, 0) is 28.3 Å². The second-order valence-corrected chi connectivity index (χ2v) is 6.13. The van der Waals surface area contributed by atoms with Crippen molar-refractivity contribution in [2.45, 2.75) is 33.4 Å². The Balaban J connectivity index is 1.91. The largest absolute Gasteiger partial charge is 0.383 e. The number of halogens is 1. The summed E-state index contributed by atoms with van der Waals surface area (Å²) in [4.78, 5) is 16.1. The fourth-order valence-corrected chi connectivity index (χ4v) is 2.42. The Bertz CT molecular complexity index is 621. The average Bonchev–Trinajstić information content (AvgIpc) is 2.95. The highest BCUT2D eigenvalue weighted by Crippen LogP contribution is 2.16. The van der Waals surface area contributed by atoms with Gasteiger partial charge in [0.05, 0.1) is 18.2 Å². The van der Waals surface area contributed by atoms with Crippen LogP contribution in [0.25, 0.3) is 0 Å². The number of rotatable bonds is 7. The van der Waals surface area contributed by atoms with E-state index in [1.54, 1.807) is 18.7 Å². The quantitative estimate of drug-likeness (QED) is 0.776. The number of nitrogens with zero attached hydrogens (tertiary/aromatic N) is 4. The van der Waals surface area contributed by atoms with Crippen LogP contribution in [0.1, 0.15) is 20.3 Å². The molecule has 0 aliphatic carbocycles. The van der Waals surface area contributed by atoms with E-state index in [0.717, 1.165) is 25.2 Å². The summed E-state index contributed by atoms with van der Waals surface area (Å²) in [6.45, 7) is 6.40. The van der Waals surface area contributed by atoms with Gasteiger partial charge in [-0.25, -0.2) is 9.67 Å². The predicted octanol–water partition coefficient (Wildman–Crippen LogP) is 2.36. The lowest BCUT2D eigenvalue weighted by Crippen LogP contribution is -2.26.